The molecule has 0 saturated carbocycles. The fraction of sp³-hybridized carbons (Fsp3) is 0. The molecule has 0 spiro atoms. The van der Waals surface area contributed by atoms with Crippen LogP contribution >= 0.6 is 11.5 Å². The van der Waals surface area contributed by atoms with Crippen molar-refractivity contribution in [2.45, 2.75) is 0 Å². The number of hydrogen-bond acceptors (Lipinski definition) is 5. The van der Waals surface area contributed by atoms with Gasteiger partial charge in [0.25, 0.3) is 0 Å². The molecule has 32 heavy (non-hydrogen) atoms. The highest BCUT2D eigenvalue weighted by Gasteiger charge is 2.30. The summed E-state index contributed by atoms with van der Waals surface area (Å²) in [5.74, 6) is 0. The molecule has 6 rings (SSSR count). The van der Waals surface area contributed by atoms with Crippen LogP contribution in [0.25, 0.3) is 10.6 Å². The zero-order valence-electron chi connectivity index (χ0n) is 17.5. The molecular weight excluding hydrogens is 411 g/mol. The minimum absolute atomic E-state index is 0.808. The molecule has 6 heteroatoms. The van der Waals surface area contributed by atoms with Gasteiger partial charge < -0.3 is 9.80 Å². The lowest BCUT2D eigenvalue weighted by molar-refractivity contribution is 1.17. The molecule has 5 aromatic rings. The summed E-state index contributed by atoms with van der Waals surface area (Å²) < 4.78 is 4.36. The van der Waals surface area contributed by atoms with Crippen LogP contribution in [0.5, 0.6) is 0 Å². The van der Waals surface area contributed by atoms with Gasteiger partial charge in [-0.1, -0.05) is 54.6 Å². The van der Waals surface area contributed by atoms with Crippen molar-refractivity contribution in [3.63, 3.8) is 0 Å². The van der Waals surface area contributed by atoms with E-state index in [0.717, 1.165) is 50.4 Å². The van der Waals surface area contributed by atoms with Crippen LogP contribution in [0.4, 0.5) is 34.1 Å². The minimum atomic E-state index is 0.808. The number of aromatic nitrogens is 2. The fourth-order valence-electron chi connectivity index (χ4n) is 4.27. The van der Waals surface area contributed by atoms with Crippen LogP contribution in [-0.4, -0.2) is 17.2 Å². The van der Waals surface area contributed by atoms with Crippen molar-refractivity contribution in [2.75, 3.05) is 9.80 Å². The summed E-state index contributed by atoms with van der Waals surface area (Å²) in [7, 11) is 1.93. The molecule has 4 nitrogen and oxygen atoms in total. The van der Waals surface area contributed by atoms with Gasteiger partial charge in [-0.3, -0.25) is 0 Å². The number of anilines is 6. The van der Waals surface area contributed by atoms with Crippen LogP contribution in [-0.2, 0) is 0 Å². The van der Waals surface area contributed by atoms with Gasteiger partial charge in [0.1, 0.15) is 5.01 Å². The van der Waals surface area contributed by atoms with E-state index in [1.54, 1.807) is 0 Å². The summed E-state index contributed by atoms with van der Waals surface area (Å²) >= 11 is 1.44. The lowest BCUT2D eigenvalue weighted by Gasteiger charge is -2.40. The van der Waals surface area contributed by atoms with Gasteiger partial charge in [-0.2, -0.15) is 4.37 Å². The van der Waals surface area contributed by atoms with Gasteiger partial charge in [0.15, 0.2) is 7.85 Å². The number of fused-ring (bicyclic) bond motifs is 2. The minimum Gasteiger partial charge on any atom is -0.306 e. The standard InChI is InChI=1S/C26H19BN4S/c27-26-28-25(32-29-26)18-9-8-12-20(17-18)31-23-15-6-4-13-21(23)30(19-10-2-1-3-11-19)22-14-5-7-16-24(22)31/h1-17H,27H2. The largest absolute Gasteiger partial charge is 0.306 e. The van der Waals surface area contributed by atoms with E-state index in [0.29, 0.717) is 0 Å². The maximum absolute atomic E-state index is 4.59. The van der Waals surface area contributed by atoms with Crippen molar-refractivity contribution in [2.24, 2.45) is 0 Å². The van der Waals surface area contributed by atoms with Gasteiger partial charge in [-0.15, -0.1) is 0 Å². The molecule has 0 atom stereocenters. The summed E-state index contributed by atoms with van der Waals surface area (Å²) in [4.78, 5) is 9.26. The zero-order chi connectivity index (χ0) is 21.5. The first-order chi connectivity index (χ1) is 15.8. The second-order valence-corrected chi connectivity index (χ2v) is 8.43. The Morgan fingerprint density at radius 2 is 1.12 bits per heavy atom. The molecule has 2 heterocycles. The molecule has 0 unspecified atom stereocenters. The van der Waals surface area contributed by atoms with Gasteiger partial charge >= 0.3 is 0 Å². The average molecular weight is 430 g/mol. The van der Waals surface area contributed by atoms with Gasteiger partial charge in [-0.25, -0.2) is 4.98 Å². The van der Waals surface area contributed by atoms with Crippen molar-refractivity contribution in [3.8, 4) is 10.6 Å². The van der Waals surface area contributed by atoms with E-state index in [9.17, 15) is 0 Å². The van der Waals surface area contributed by atoms with Crippen LogP contribution in [0.3, 0.4) is 0 Å². The summed E-state index contributed by atoms with van der Waals surface area (Å²) in [6.07, 6.45) is 0. The number of rotatable bonds is 3. The Balaban J connectivity index is 1.56. The number of nitrogens with zero attached hydrogens (tertiary/aromatic N) is 4. The number of benzene rings is 4. The van der Waals surface area contributed by atoms with E-state index in [4.69, 9.17) is 0 Å². The second kappa shape index (κ2) is 7.66. The molecule has 1 aliphatic rings. The summed E-state index contributed by atoms with van der Waals surface area (Å²) in [5.41, 5.74) is 8.70. The molecular formula is C26H19BN4S. The monoisotopic (exact) mass is 430 g/mol. The van der Waals surface area contributed by atoms with Crippen molar-refractivity contribution in [1.82, 2.24) is 9.36 Å². The average Bonchev–Trinajstić information content (AvgIpc) is 3.29. The van der Waals surface area contributed by atoms with E-state index in [2.05, 4.69) is 122 Å². The van der Waals surface area contributed by atoms with E-state index >= 15 is 0 Å². The normalized spacial score (nSPS) is 12.4. The Hall–Kier alpha value is -3.90. The quantitative estimate of drug-likeness (QED) is 0.337. The molecule has 0 bridgehead atoms. The zero-order valence-corrected chi connectivity index (χ0v) is 18.3. The molecule has 0 amide bonds. The molecule has 0 aliphatic carbocycles. The Kier molecular flexibility index (Phi) is 4.51. The summed E-state index contributed by atoms with van der Waals surface area (Å²) in [5, 5.41) is 0.939. The van der Waals surface area contributed by atoms with Crippen LogP contribution in [0, 0.1) is 0 Å². The first-order valence-electron chi connectivity index (χ1n) is 10.5. The topological polar surface area (TPSA) is 32.3 Å². The lowest BCUT2D eigenvalue weighted by Crippen LogP contribution is -2.23. The van der Waals surface area contributed by atoms with Gasteiger partial charge in [0, 0.05) is 16.9 Å². The van der Waals surface area contributed by atoms with E-state index in [1.165, 1.54) is 11.5 Å². The first kappa shape index (κ1) is 18.8. The molecule has 0 N–H and O–H groups in total. The van der Waals surface area contributed by atoms with E-state index in [-0.39, 0.29) is 0 Å². The van der Waals surface area contributed by atoms with Gasteiger partial charge in [-0.05, 0) is 60.1 Å². The van der Waals surface area contributed by atoms with E-state index < -0.39 is 0 Å². The van der Waals surface area contributed by atoms with Crippen molar-refractivity contribution < 1.29 is 0 Å². The molecule has 0 saturated heterocycles. The third-order valence-electron chi connectivity index (χ3n) is 5.62. The predicted octanol–water partition coefficient (Wildman–Crippen LogP) is 5.72. The molecule has 4 aromatic carbocycles. The molecule has 0 fully saturated rings. The maximum atomic E-state index is 4.59. The molecule has 152 valence electrons. The third kappa shape index (κ3) is 3.08. The molecule has 1 aromatic heterocycles. The van der Waals surface area contributed by atoms with Crippen molar-refractivity contribution >= 4 is 59.2 Å². The van der Waals surface area contributed by atoms with Gasteiger partial charge in [0.2, 0.25) is 0 Å². The smallest absolute Gasteiger partial charge is 0.190 e. The van der Waals surface area contributed by atoms with E-state index in [1.807, 2.05) is 7.85 Å². The highest BCUT2D eigenvalue weighted by atomic mass is 32.1. The summed E-state index contributed by atoms with van der Waals surface area (Å²) in [6, 6.07) is 36.2. The van der Waals surface area contributed by atoms with Crippen LogP contribution < -0.4 is 15.5 Å². The Labute approximate surface area is 192 Å². The lowest BCUT2D eigenvalue weighted by atomic mass is 10.0. The second-order valence-electron chi connectivity index (χ2n) is 7.68. The van der Waals surface area contributed by atoms with Crippen LogP contribution in [0.1, 0.15) is 0 Å². The Bertz CT molecular complexity index is 1370. The molecule has 1 aliphatic heterocycles. The fourth-order valence-corrected chi connectivity index (χ4v) is 4.93. The van der Waals surface area contributed by atoms with Crippen LogP contribution in [0.2, 0.25) is 0 Å². The summed E-state index contributed by atoms with van der Waals surface area (Å²) in [6.45, 7) is 0. The third-order valence-corrected chi connectivity index (χ3v) is 6.48. The number of para-hydroxylation sites is 5. The van der Waals surface area contributed by atoms with Crippen LogP contribution in [0.15, 0.2) is 103 Å². The SMILES string of the molecule is Bc1nsc(-c2cccc(N3c4ccccc4N(c4ccccc4)c4ccccc43)c2)n1. The first-order valence-corrected chi connectivity index (χ1v) is 11.3. The van der Waals surface area contributed by atoms with Crippen molar-refractivity contribution in [1.29, 1.82) is 0 Å². The maximum Gasteiger partial charge on any atom is 0.190 e. The Morgan fingerprint density at radius 1 is 0.594 bits per heavy atom. The highest BCUT2D eigenvalue weighted by Crippen LogP contribution is 2.53. The number of hydrogen-bond donors (Lipinski definition) is 0. The predicted molar refractivity (Wildman–Crippen MR) is 136 cm³/mol. The highest BCUT2D eigenvalue weighted by molar-refractivity contribution is 7.09. The molecule has 0 radical (unpaired) electrons. The Morgan fingerprint density at radius 3 is 1.69 bits per heavy atom. The van der Waals surface area contributed by atoms with Gasteiger partial charge in [0.05, 0.1) is 28.5 Å². The van der Waals surface area contributed by atoms with Crippen molar-refractivity contribution in [3.05, 3.63) is 103 Å².